The highest BCUT2D eigenvalue weighted by atomic mass is 15.1. The van der Waals surface area contributed by atoms with Crippen LogP contribution in [0, 0.1) is 0 Å². The zero-order chi connectivity index (χ0) is 21.4. The number of para-hydroxylation sites is 1. The van der Waals surface area contributed by atoms with Gasteiger partial charge < -0.3 is 4.90 Å². The fourth-order valence-electron chi connectivity index (χ4n) is 3.79. The summed E-state index contributed by atoms with van der Waals surface area (Å²) in [5.74, 6) is 0. The van der Waals surface area contributed by atoms with Gasteiger partial charge in [-0.05, 0) is 33.1 Å². The molecule has 0 amide bonds. The third kappa shape index (κ3) is 4.56. The van der Waals surface area contributed by atoms with Gasteiger partial charge in [0.15, 0.2) is 0 Å². The van der Waals surface area contributed by atoms with Crippen LogP contribution in [0.1, 0.15) is 52.7 Å². The molecule has 152 valence electrons. The zero-order valence-corrected chi connectivity index (χ0v) is 19.3. The number of rotatable bonds is 3. The molecule has 0 radical (unpaired) electrons. The van der Waals surface area contributed by atoms with E-state index in [4.69, 9.17) is 0 Å². The first-order valence-electron chi connectivity index (χ1n) is 10.5. The van der Waals surface area contributed by atoms with Crippen molar-refractivity contribution in [1.29, 1.82) is 0 Å². The fraction of sp³-hybridized carbons (Fsp3) is 0.357. The Morgan fingerprint density at radius 3 is 1.14 bits per heavy atom. The molecular weight excluding hydrogens is 350 g/mol. The smallest absolute Gasteiger partial charge is 0.0520 e. The van der Waals surface area contributed by atoms with Crippen molar-refractivity contribution in [2.45, 2.75) is 52.4 Å². The predicted octanol–water partition coefficient (Wildman–Crippen LogP) is 7.68. The van der Waals surface area contributed by atoms with Crippen LogP contribution in [0.3, 0.4) is 0 Å². The average Bonchev–Trinajstić information content (AvgIpc) is 2.66. The standard InChI is InChI=1S/C28H35N/c1-27(2,3)22-16-12-20(13-17-22)24-10-9-11-25(26(24)29(7)8)21-14-18-23(19-15-21)28(4,5)6/h9-19H,1-8H3. The quantitative estimate of drug-likeness (QED) is 0.447. The number of anilines is 1. The molecule has 3 rings (SSSR count). The Balaban J connectivity index is 2.10. The van der Waals surface area contributed by atoms with Gasteiger partial charge in [0, 0.05) is 25.2 Å². The molecule has 0 heterocycles. The molecule has 0 saturated carbocycles. The Hall–Kier alpha value is -2.54. The summed E-state index contributed by atoms with van der Waals surface area (Å²) in [7, 11) is 4.27. The van der Waals surface area contributed by atoms with E-state index < -0.39 is 0 Å². The van der Waals surface area contributed by atoms with Gasteiger partial charge in [-0.1, -0.05) is 108 Å². The van der Waals surface area contributed by atoms with Gasteiger partial charge in [0.1, 0.15) is 0 Å². The van der Waals surface area contributed by atoms with E-state index in [9.17, 15) is 0 Å². The number of nitrogens with zero attached hydrogens (tertiary/aromatic N) is 1. The molecule has 3 aromatic rings. The highest BCUT2D eigenvalue weighted by Crippen LogP contribution is 2.39. The lowest BCUT2D eigenvalue weighted by molar-refractivity contribution is 0.590. The van der Waals surface area contributed by atoms with E-state index in [0.29, 0.717) is 0 Å². The number of benzene rings is 3. The van der Waals surface area contributed by atoms with E-state index in [-0.39, 0.29) is 10.8 Å². The molecular formula is C28H35N. The highest BCUT2D eigenvalue weighted by molar-refractivity contribution is 5.91. The van der Waals surface area contributed by atoms with Crippen LogP contribution in [0.2, 0.25) is 0 Å². The maximum absolute atomic E-state index is 2.26. The van der Waals surface area contributed by atoms with Crippen molar-refractivity contribution in [2.75, 3.05) is 19.0 Å². The third-order valence-corrected chi connectivity index (χ3v) is 5.61. The fourth-order valence-corrected chi connectivity index (χ4v) is 3.79. The topological polar surface area (TPSA) is 3.24 Å². The summed E-state index contributed by atoms with van der Waals surface area (Å²) >= 11 is 0. The van der Waals surface area contributed by atoms with Crippen LogP contribution in [0.15, 0.2) is 66.7 Å². The maximum atomic E-state index is 2.26. The Morgan fingerprint density at radius 2 is 0.862 bits per heavy atom. The molecule has 0 aliphatic carbocycles. The molecule has 3 aromatic carbocycles. The van der Waals surface area contributed by atoms with Gasteiger partial charge in [0.2, 0.25) is 0 Å². The van der Waals surface area contributed by atoms with E-state index in [2.05, 4.69) is 127 Å². The number of hydrogen-bond acceptors (Lipinski definition) is 1. The summed E-state index contributed by atoms with van der Waals surface area (Å²) < 4.78 is 0. The molecule has 0 spiro atoms. The van der Waals surface area contributed by atoms with Crippen LogP contribution in [-0.4, -0.2) is 14.1 Å². The monoisotopic (exact) mass is 385 g/mol. The van der Waals surface area contributed by atoms with Crippen molar-refractivity contribution in [2.24, 2.45) is 0 Å². The Bertz CT molecular complexity index is 887. The van der Waals surface area contributed by atoms with Crippen molar-refractivity contribution in [3.8, 4) is 22.3 Å². The molecule has 0 bridgehead atoms. The zero-order valence-electron chi connectivity index (χ0n) is 19.3. The van der Waals surface area contributed by atoms with Crippen LogP contribution >= 0.6 is 0 Å². The van der Waals surface area contributed by atoms with E-state index in [0.717, 1.165) is 0 Å². The van der Waals surface area contributed by atoms with Gasteiger partial charge in [0.25, 0.3) is 0 Å². The van der Waals surface area contributed by atoms with Gasteiger partial charge >= 0.3 is 0 Å². The highest BCUT2D eigenvalue weighted by Gasteiger charge is 2.17. The summed E-state index contributed by atoms with van der Waals surface area (Å²) in [6, 6.07) is 24.7. The van der Waals surface area contributed by atoms with Crippen LogP contribution in [0.5, 0.6) is 0 Å². The van der Waals surface area contributed by atoms with Crippen molar-refractivity contribution in [1.82, 2.24) is 0 Å². The first kappa shape index (κ1) is 21.2. The normalized spacial score (nSPS) is 12.1. The van der Waals surface area contributed by atoms with E-state index >= 15 is 0 Å². The molecule has 0 fully saturated rings. The van der Waals surface area contributed by atoms with E-state index in [1.807, 2.05) is 0 Å². The lowest BCUT2D eigenvalue weighted by Crippen LogP contribution is -2.13. The first-order chi connectivity index (χ1) is 13.5. The largest absolute Gasteiger partial charge is 0.377 e. The van der Waals surface area contributed by atoms with E-state index in [1.165, 1.54) is 39.1 Å². The van der Waals surface area contributed by atoms with Crippen LogP contribution in [0.4, 0.5) is 5.69 Å². The van der Waals surface area contributed by atoms with Crippen LogP contribution in [0.25, 0.3) is 22.3 Å². The third-order valence-electron chi connectivity index (χ3n) is 5.61. The first-order valence-corrected chi connectivity index (χ1v) is 10.5. The lowest BCUT2D eigenvalue weighted by atomic mass is 9.85. The SMILES string of the molecule is CN(C)c1c(-c2ccc(C(C)(C)C)cc2)cccc1-c1ccc(C(C)(C)C)cc1. The minimum atomic E-state index is 0.166. The molecule has 0 atom stereocenters. The van der Waals surface area contributed by atoms with Crippen LogP contribution in [-0.2, 0) is 10.8 Å². The summed E-state index contributed by atoms with van der Waals surface area (Å²) in [5, 5.41) is 0. The summed E-state index contributed by atoms with van der Waals surface area (Å²) in [6.07, 6.45) is 0. The Labute approximate surface area is 177 Å². The predicted molar refractivity (Wildman–Crippen MR) is 129 cm³/mol. The van der Waals surface area contributed by atoms with Gasteiger partial charge in [-0.2, -0.15) is 0 Å². The minimum absolute atomic E-state index is 0.166. The molecule has 0 saturated heterocycles. The second-order valence-corrected chi connectivity index (χ2v) is 10.3. The van der Waals surface area contributed by atoms with Gasteiger partial charge in [-0.25, -0.2) is 0 Å². The number of hydrogen-bond donors (Lipinski definition) is 0. The summed E-state index contributed by atoms with van der Waals surface area (Å²) in [4.78, 5) is 2.24. The van der Waals surface area contributed by atoms with E-state index in [1.54, 1.807) is 0 Å². The van der Waals surface area contributed by atoms with Crippen LogP contribution < -0.4 is 4.90 Å². The van der Waals surface area contributed by atoms with Gasteiger partial charge in [-0.15, -0.1) is 0 Å². The Morgan fingerprint density at radius 1 is 0.517 bits per heavy atom. The second-order valence-electron chi connectivity index (χ2n) is 10.3. The lowest BCUT2D eigenvalue weighted by Gasteiger charge is -2.24. The molecule has 29 heavy (non-hydrogen) atoms. The average molecular weight is 386 g/mol. The molecule has 1 heteroatoms. The maximum Gasteiger partial charge on any atom is 0.0520 e. The van der Waals surface area contributed by atoms with Gasteiger partial charge in [-0.3, -0.25) is 0 Å². The van der Waals surface area contributed by atoms with Gasteiger partial charge in [0.05, 0.1) is 5.69 Å². The molecule has 0 aliphatic heterocycles. The Kier molecular flexibility index (Phi) is 5.63. The molecule has 0 aliphatic rings. The summed E-state index contributed by atoms with van der Waals surface area (Å²) in [6.45, 7) is 13.6. The molecule has 0 N–H and O–H groups in total. The molecule has 0 aromatic heterocycles. The molecule has 1 nitrogen and oxygen atoms in total. The summed E-state index contributed by atoms with van der Waals surface area (Å²) in [5.41, 5.74) is 9.38. The van der Waals surface area contributed by atoms with Crippen molar-refractivity contribution < 1.29 is 0 Å². The second kappa shape index (κ2) is 7.71. The van der Waals surface area contributed by atoms with Crippen molar-refractivity contribution >= 4 is 5.69 Å². The van der Waals surface area contributed by atoms with Crippen molar-refractivity contribution in [3.63, 3.8) is 0 Å². The molecule has 0 unspecified atom stereocenters. The minimum Gasteiger partial charge on any atom is -0.377 e. The van der Waals surface area contributed by atoms with Crippen molar-refractivity contribution in [3.05, 3.63) is 77.9 Å².